The number of hydrogen-bond donors (Lipinski definition) is 0. The third-order valence-electron chi connectivity index (χ3n) is 6.68. The Labute approximate surface area is 212 Å². The van der Waals surface area contributed by atoms with Gasteiger partial charge < -0.3 is 28.4 Å². The average Bonchev–Trinajstić information content (AvgIpc) is 3.62. The molecule has 0 spiro atoms. The van der Waals surface area contributed by atoms with Gasteiger partial charge in [0.05, 0.1) is 39.2 Å². The van der Waals surface area contributed by atoms with Gasteiger partial charge in [0, 0.05) is 44.9 Å². The molecule has 2 aliphatic rings. The van der Waals surface area contributed by atoms with Crippen molar-refractivity contribution in [1.29, 1.82) is 0 Å². The minimum absolute atomic E-state index is 0.00139. The van der Waals surface area contributed by atoms with E-state index in [0.717, 1.165) is 58.7 Å². The van der Waals surface area contributed by atoms with Crippen molar-refractivity contribution < 1.29 is 28.2 Å². The first kappa shape index (κ1) is 26.2. The second-order valence-electron chi connectivity index (χ2n) is 9.25. The van der Waals surface area contributed by atoms with E-state index in [-0.39, 0.29) is 24.5 Å². The fourth-order valence-electron chi connectivity index (χ4n) is 4.62. The van der Waals surface area contributed by atoms with E-state index in [9.17, 15) is 9.59 Å². The number of rotatable bonds is 12. The van der Waals surface area contributed by atoms with Crippen LogP contribution in [0.4, 0.5) is 0 Å². The predicted molar refractivity (Wildman–Crippen MR) is 134 cm³/mol. The Bertz CT molecular complexity index is 937. The number of hydrogen-bond acceptors (Lipinski definition) is 7. The average molecular weight is 500 g/mol. The SMILES string of the molecule is COc1ccc(C(=O)N(CCCN2CCOCC2)CC(=O)N(Cc2ccco2)CC2CCCO2)cc1. The largest absolute Gasteiger partial charge is 0.497 e. The molecular formula is C27H37N3O6. The van der Waals surface area contributed by atoms with E-state index < -0.39 is 0 Å². The molecule has 196 valence electrons. The summed E-state index contributed by atoms with van der Waals surface area (Å²) in [5.74, 6) is 1.11. The van der Waals surface area contributed by atoms with Gasteiger partial charge >= 0.3 is 0 Å². The second-order valence-corrected chi connectivity index (χ2v) is 9.25. The van der Waals surface area contributed by atoms with Crippen LogP contribution in [0, 0.1) is 0 Å². The molecule has 0 N–H and O–H groups in total. The number of benzene rings is 1. The van der Waals surface area contributed by atoms with Crippen molar-refractivity contribution >= 4 is 11.8 Å². The van der Waals surface area contributed by atoms with Gasteiger partial charge in [0.2, 0.25) is 5.91 Å². The fraction of sp³-hybridized carbons (Fsp3) is 0.556. The monoisotopic (exact) mass is 499 g/mol. The van der Waals surface area contributed by atoms with Gasteiger partial charge in [-0.1, -0.05) is 0 Å². The highest BCUT2D eigenvalue weighted by atomic mass is 16.5. The lowest BCUT2D eigenvalue weighted by molar-refractivity contribution is -0.134. The molecule has 2 fully saturated rings. The number of methoxy groups -OCH3 is 1. The van der Waals surface area contributed by atoms with E-state index in [0.29, 0.717) is 36.7 Å². The Morgan fingerprint density at radius 3 is 2.56 bits per heavy atom. The van der Waals surface area contributed by atoms with Crippen molar-refractivity contribution in [2.75, 3.05) is 66.2 Å². The molecule has 9 nitrogen and oxygen atoms in total. The first-order valence-electron chi connectivity index (χ1n) is 12.8. The maximum atomic E-state index is 13.6. The smallest absolute Gasteiger partial charge is 0.254 e. The molecule has 2 amide bonds. The van der Waals surface area contributed by atoms with E-state index in [1.807, 2.05) is 12.1 Å². The quantitative estimate of drug-likeness (QED) is 0.444. The Balaban J connectivity index is 1.45. The minimum Gasteiger partial charge on any atom is -0.497 e. The van der Waals surface area contributed by atoms with E-state index >= 15 is 0 Å². The van der Waals surface area contributed by atoms with Crippen LogP contribution in [0.15, 0.2) is 47.1 Å². The topological polar surface area (TPSA) is 84.7 Å². The lowest BCUT2D eigenvalue weighted by atomic mass is 10.1. The van der Waals surface area contributed by atoms with Crippen molar-refractivity contribution in [1.82, 2.24) is 14.7 Å². The zero-order chi connectivity index (χ0) is 25.2. The summed E-state index contributed by atoms with van der Waals surface area (Å²) in [5.41, 5.74) is 0.534. The Hall–Kier alpha value is -2.88. The van der Waals surface area contributed by atoms with E-state index in [1.54, 1.807) is 47.4 Å². The van der Waals surface area contributed by atoms with Crippen LogP contribution in [0.5, 0.6) is 5.75 Å². The number of carbonyl (C=O) groups is 2. The zero-order valence-corrected chi connectivity index (χ0v) is 21.1. The van der Waals surface area contributed by atoms with Gasteiger partial charge in [-0.25, -0.2) is 0 Å². The molecule has 0 saturated carbocycles. The van der Waals surface area contributed by atoms with Crippen molar-refractivity contribution in [2.45, 2.75) is 31.9 Å². The Morgan fingerprint density at radius 1 is 1.08 bits per heavy atom. The van der Waals surface area contributed by atoms with Crippen LogP contribution in [0.3, 0.4) is 0 Å². The number of amides is 2. The van der Waals surface area contributed by atoms with E-state index in [2.05, 4.69) is 4.90 Å². The third-order valence-corrected chi connectivity index (χ3v) is 6.68. The second kappa shape index (κ2) is 13.4. The van der Waals surface area contributed by atoms with Crippen molar-refractivity contribution in [3.8, 4) is 5.75 Å². The van der Waals surface area contributed by atoms with Crippen LogP contribution in [0.1, 0.15) is 35.4 Å². The number of furan rings is 1. The number of ether oxygens (including phenoxy) is 3. The fourth-order valence-corrected chi connectivity index (χ4v) is 4.62. The lowest BCUT2D eigenvalue weighted by Gasteiger charge is -2.30. The third kappa shape index (κ3) is 7.56. The normalized spacial score (nSPS) is 18.2. The molecule has 2 saturated heterocycles. The van der Waals surface area contributed by atoms with Crippen LogP contribution in [-0.4, -0.2) is 98.8 Å². The maximum Gasteiger partial charge on any atom is 0.254 e. The van der Waals surface area contributed by atoms with E-state index in [4.69, 9.17) is 18.6 Å². The van der Waals surface area contributed by atoms with Crippen molar-refractivity contribution in [2.24, 2.45) is 0 Å². The molecule has 3 heterocycles. The zero-order valence-electron chi connectivity index (χ0n) is 21.1. The molecule has 0 aliphatic carbocycles. The highest BCUT2D eigenvalue weighted by Crippen LogP contribution is 2.17. The van der Waals surface area contributed by atoms with Gasteiger partial charge in [-0.05, 0) is 55.7 Å². The molecule has 4 rings (SSSR count). The molecule has 1 unspecified atom stereocenters. The Morgan fingerprint density at radius 2 is 1.89 bits per heavy atom. The van der Waals surface area contributed by atoms with Crippen molar-refractivity contribution in [3.63, 3.8) is 0 Å². The number of morpholine rings is 1. The first-order chi connectivity index (χ1) is 17.6. The highest BCUT2D eigenvalue weighted by molar-refractivity contribution is 5.96. The maximum absolute atomic E-state index is 13.6. The van der Waals surface area contributed by atoms with Gasteiger partial charge in [0.1, 0.15) is 18.1 Å². The van der Waals surface area contributed by atoms with Gasteiger partial charge in [0.15, 0.2) is 0 Å². The summed E-state index contributed by atoms with van der Waals surface area (Å²) < 4.78 is 22.0. The summed E-state index contributed by atoms with van der Waals surface area (Å²) in [5, 5.41) is 0. The van der Waals surface area contributed by atoms with E-state index in [1.165, 1.54) is 0 Å². The van der Waals surface area contributed by atoms with Crippen LogP contribution in [0.25, 0.3) is 0 Å². The molecule has 2 aromatic rings. The number of nitrogens with zero attached hydrogens (tertiary/aromatic N) is 3. The molecule has 0 bridgehead atoms. The summed E-state index contributed by atoms with van der Waals surface area (Å²) in [6, 6.07) is 10.7. The molecule has 1 atom stereocenters. The highest BCUT2D eigenvalue weighted by Gasteiger charge is 2.27. The summed E-state index contributed by atoms with van der Waals surface area (Å²) in [7, 11) is 1.59. The van der Waals surface area contributed by atoms with Gasteiger partial charge in [-0.15, -0.1) is 0 Å². The van der Waals surface area contributed by atoms with Crippen LogP contribution in [-0.2, 0) is 20.8 Å². The van der Waals surface area contributed by atoms with Gasteiger partial charge in [-0.3, -0.25) is 14.5 Å². The van der Waals surface area contributed by atoms with Gasteiger partial charge in [0.25, 0.3) is 5.91 Å². The van der Waals surface area contributed by atoms with Crippen LogP contribution < -0.4 is 4.74 Å². The van der Waals surface area contributed by atoms with Gasteiger partial charge in [-0.2, -0.15) is 0 Å². The van der Waals surface area contributed by atoms with Crippen LogP contribution in [0.2, 0.25) is 0 Å². The molecule has 2 aliphatic heterocycles. The first-order valence-corrected chi connectivity index (χ1v) is 12.8. The lowest BCUT2D eigenvalue weighted by Crippen LogP contribution is -2.46. The Kier molecular flexibility index (Phi) is 9.77. The molecule has 0 radical (unpaired) electrons. The summed E-state index contributed by atoms with van der Waals surface area (Å²) in [6.45, 7) is 6.15. The molecule has 9 heteroatoms. The summed E-state index contributed by atoms with van der Waals surface area (Å²) >= 11 is 0. The molecule has 36 heavy (non-hydrogen) atoms. The predicted octanol–water partition coefficient (Wildman–Crippen LogP) is 2.66. The molecule has 1 aromatic carbocycles. The minimum atomic E-state index is -0.164. The molecule has 1 aromatic heterocycles. The standard InChI is InChI=1S/C27H37N3O6/c1-33-23-9-7-22(8-10-23)27(32)29(12-4-11-28-13-17-34-18-14-28)21-26(31)30(19-24-5-2-15-35-24)20-25-6-3-16-36-25/h2,5,7-10,15,25H,3-4,6,11-14,16-21H2,1H3. The van der Waals surface area contributed by atoms with Crippen LogP contribution >= 0.6 is 0 Å². The summed E-state index contributed by atoms with van der Waals surface area (Å²) in [6.07, 6.45) is 4.32. The molecular weight excluding hydrogens is 462 g/mol. The number of carbonyl (C=O) groups excluding carboxylic acids is 2. The van der Waals surface area contributed by atoms with Crippen molar-refractivity contribution in [3.05, 3.63) is 54.0 Å². The summed E-state index contributed by atoms with van der Waals surface area (Å²) in [4.78, 5) is 32.8.